The van der Waals surface area contributed by atoms with Crippen molar-refractivity contribution in [3.8, 4) is 23.3 Å². The Bertz CT molecular complexity index is 1090. The van der Waals surface area contributed by atoms with Crippen molar-refractivity contribution < 1.29 is 19.0 Å². The van der Waals surface area contributed by atoms with E-state index in [9.17, 15) is 10.1 Å². The maximum atomic E-state index is 12.0. The van der Waals surface area contributed by atoms with Gasteiger partial charge in [-0.2, -0.15) is 5.26 Å². The van der Waals surface area contributed by atoms with Crippen LogP contribution in [-0.2, 0) is 4.79 Å². The fraction of sp³-hybridized carbons (Fsp3) is 0.273. The monoisotopic (exact) mass is 505 g/mol. The summed E-state index contributed by atoms with van der Waals surface area (Å²) in [6.07, 6.45) is 0. The minimum absolute atomic E-state index is 0.0625. The number of methoxy groups -OCH3 is 2. The third-order valence-corrected chi connectivity index (χ3v) is 5.69. The highest BCUT2D eigenvalue weighted by atomic mass is 79.9. The Labute approximate surface area is 194 Å². The van der Waals surface area contributed by atoms with Gasteiger partial charge in [0.25, 0.3) is 0 Å². The van der Waals surface area contributed by atoms with Gasteiger partial charge in [0.05, 0.1) is 24.6 Å². The number of nitrogens with zero attached hydrogens (tertiary/aromatic N) is 2. The van der Waals surface area contributed by atoms with E-state index < -0.39 is 11.8 Å². The molecule has 0 aliphatic carbocycles. The second-order valence-electron chi connectivity index (χ2n) is 6.93. The molecule has 31 heavy (non-hydrogen) atoms. The van der Waals surface area contributed by atoms with Crippen LogP contribution in [0.4, 0.5) is 5.69 Å². The second kappa shape index (κ2) is 9.50. The van der Waals surface area contributed by atoms with Gasteiger partial charge in [0.15, 0.2) is 11.5 Å². The Hall–Kier alpha value is -2.89. The van der Waals surface area contributed by atoms with Crippen molar-refractivity contribution in [3.05, 3.63) is 57.4 Å². The lowest BCUT2D eigenvalue weighted by atomic mass is 9.83. The summed E-state index contributed by atoms with van der Waals surface area (Å²) < 4.78 is 17.5. The van der Waals surface area contributed by atoms with Crippen LogP contribution in [0.3, 0.4) is 0 Å². The first kappa shape index (κ1) is 22.8. The van der Waals surface area contributed by atoms with Gasteiger partial charge in [-0.05, 0) is 39.7 Å². The standard InChI is InChI=1S/C22H21BrClN3O4/c1-27(2)13-5-6-14-17(9-13)31-22(26-19(28)10-24)15(11-25)20(14)12-7-16(23)21(30-4)18(8-12)29-3/h5-9,20H,10H2,1-4H3,(H,26,28). The molecule has 3 rings (SSSR count). The molecule has 1 aliphatic rings. The van der Waals surface area contributed by atoms with Crippen molar-refractivity contribution in [1.82, 2.24) is 5.32 Å². The number of alkyl halides is 1. The predicted molar refractivity (Wildman–Crippen MR) is 122 cm³/mol. The van der Waals surface area contributed by atoms with Crippen molar-refractivity contribution in [2.24, 2.45) is 0 Å². The number of nitriles is 1. The lowest BCUT2D eigenvalue weighted by molar-refractivity contribution is -0.118. The fourth-order valence-corrected chi connectivity index (χ4v) is 4.09. The number of carbonyl (C=O) groups is 1. The molecule has 0 saturated carbocycles. The van der Waals surface area contributed by atoms with Crippen molar-refractivity contribution >= 4 is 39.1 Å². The smallest absolute Gasteiger partial charge is 0.241 e. The number of hydrogen-bond donors (Lipinski definition) is 1. The summed E-state index contributed by atoms with van der Waals surface area (Å²) in [5, 5.41) is 12.6. The van der Waals surface area contributed by atoms with Gasteiger partial charge in [0.2, 0.25) is 11.8 Å². The zero-order chi connectivity index (χ0) is 22.7. The topological polar surface area (TPSA) is 83.8 Å². The summed E-state index contributed by atoms with van der Waals surface area (Å²) in [7, 11) is 6.93. The van der Waals surface area contributed by atoms with Gasteiger partial charge < -0.3 is 19.1 Å². The van der Waals surface area contributed by atoms with Gasteiger partial charge in [-0.3, -0.25) is 10.1 Å². The normalized spacial score (nSPS) is 14.8. The van der Waals surface area contributed by atoms with Crippen molar-refractivity contribution in [2.45, 2.75) is 5.92 Å². The maximum Gasteiger partial charge on any atom is 0.241 e. The third kappa shape index (κ3) is 4.43. The molecule has 1 atom stereocenters. The summed E-state index contributed by atoms with van der Waals surface area (Å²) in [6, 6.07) is 11.6. The molecule has 0 saturated heterocycles. The number of carbonyl (C=O) groups excluding carboxylic acids is 1. The van der Waals surface area contributed by atoms with Crippen LogP contribution in [0, 0.1) is 11.3 Å². The average molecular weight is 507 g/mol. The molecule has 162 valence electrons. The number of anilines is 1. The summed E-state index contributed by atoms with van der Waals surface area (Å²) in [5.41, 5.74) is 2.71. The van der Waals surface area contributed by atoms with Crippen LogP contribution < -0.4 is 24.4 Å². The van der Waals surface area contributed by atoms with Crippen LogP contribution >= 0.6 is 27.5 Å². The minimum Gasteiger partial charge on any atom is -0.493 e. The highest BCUT2D eigenvalue weighted by Crippen LogP contribution is 2.47. The minimum atomic E-state index is -0.508. The number of benzene rings is 2. The zero-order valence-electron chi connectivity index (χ0n) is 17.5. The number of amides is 1. The van der Waals surface area contributed by atoms with Crippen LogP contribution in [0.1, 0.15) is 17.0 Å². The molecule has 0 radical (unpaired) electrons. The SMILES string of the molecule is COc1cc(C2C(C#N)=C(NC(=O)CCl)Oc3cc(N(C)C)ccc32)cc(Br)c1OC. The quantitative estimate of drug-likeness (QED) is 0.593. The molecule has 1 aliphatic heterocycles. The number of hydrogen-bond acceptors (Lipinski definition) is 6. The van der Waals surface area contributed by atoms with Crippen LogP contribution in [0.5, 0.6) is 17.2 Å². The number of rotatable bonds is 6. The van der Waals surface area contributed by atoms with E-state index in [1.54, 1.807) is 14.2 Å². The predicted octanol–water partition coefficient (Wildman–Crippen LogP) is 4.15. The summed E-state index contributed by atoms with van der Waals surface area (Å²) in [6.45, 7) is 0. The van der Waals surface area contributed by atoms with E-state index in [0.29, 0.717) is 21.7 Å². The number of allylic oxidation sites excluding steroid dienone is 1. The van der Waals surface area contributed by atoms with E-state index in [2.05, 4.69) is 27.3 Å². The summed E-state index contributed by atoms with van der Waals surface area (Å²) >= 11 is 9.18. The van der Waals surface area contributed by atoms with Crippen LogP contribution in [0.2, 0.25) is 0 Å². The lowest BCUT2D eigenvalue weighted by Crippen LogP contribution is -2.31. The van der Waals surface area contributed by atoms with Crippen molar-refractivity contribution in [3.63, 3.8) is 0 Å². The van der Waals surface area contributed by atoms with Crippen molar-refractivity contribution in [2.75, 3.05) is 39.1 Å². The molecule has 0 fully saturated rings. The molecule has 9 heteroatoms. The Morgan fingerprint density at radius 1 is 1.29 bits per heavy atom. The first-order valence-corrected chi connectivity index (χ1v) is 10.6. The lowest BCUT2D eigenvalue weighted by Gasteiger charge is -2.29. The molecular weight excluding hydrogens is 486 g/mol. The highest BCUT2D eigenvalue weighted by molar-refractivity contribution is 9.10. The Balaban J connectivity index is 2.26. The fourth-order valence-electron chi connectivity index (χ4n) is 3.40. The van der Waals surface area contributed by atoms with Crippen LogP contribution in [0.25, 0.3) is 0 Å². The zero-order valence-corrected chi connectivity index (χ0v) is 19.8. The number of ether oxygens (including phenoxy) is 3. The molecule has 2 aromatic rings. The summed E-state index contributed by atoms with van der Waals surface area (Å²) in [4.78, 5) is 13.9. The van der Waals surface area contributed by atoms with E-state index in [0.717, 1.165) is 16.8 Å². The van der Waals surface area contributed by atoms with Crippen LogP contribution in [0.15, 0.2) is 46.3 Å². The molecule has 0 spiro atoms. The van der Waals surface area contributed by atoms with E-state index in [1.807, 2.05) is 49.3 Å². The molecule has 1 unspecified atom stereocenters. The number of fused-ring (bicyclic) bond motifs is 1. The Morgan fingerprint density at radius 3 is 2.61 bits per heavy atom. The third-order valence-electron chi connectivity index (χ3n) is 4.85. The number of nitrogens with one attached hydrogen (secondary N) is 1. The van der Waals surface area contributed by atoms with Gasteiger partial charge in [-0.1, -0.05) is 6.07 Å². The van der Waals surface area contributed by atoms with Gasteiger partial charge >= 0.3 is 0 Å². The molecule has 1 amide bonds. The molecule has 7 nitrogen and oxygen atoms in total. The first-order chi connectivity index (χ1) is 14.8. The van der Waals surface area contributed by atoms with E-state index in [4.69, 9.17) is 25.8 Å². The molecule has 2 aromatic carbocycles. The first-order valence-electron chi connectivity index (χ1n) is 9.25. The second-order valence-corrected chi connectivity index (χ2v) is 8.05. The molecule has 1 heterocycles. The molecule has 0 bridgehead atoms. The van der Waals surface area contributed by atoms with Gasteiger partial charge in [0, 0.05) is 31.4 Å². The molecule has 1 N–H and O–H groups in total. The largest absolute Gasteiger partial charge is 0.493 e. The Morgan fingerprint density at radius 2 is 2.03 bits per heavy atom. The van der Waals surface area contributed by atoms with Gasteiger partial charge in [0.1, 0.15) is 23.3 Å². The van der Waals surface area contributed by atoms with Gasteiger partial charge in [-0.25, -0.2) is 0 Å². The highest BCUT2D eigenvalue weighted by Gasteiger charge is 2.33. The van der Waals surface area contributed by atoms with E-state index >= 15 is 0 Å². The average Bonchev–Trinajstić information content (AvgIpc) is 2.76. The van der Waals surface area contributed by atoms with Crippen LogP contribution in [-0.4, -0.2) is 40.1 Å². The van der Waals surface area contributed by atoms with Crippen molar-refractivity contribution in [1.29, 1.82) is 5.26 Å². The van der Waals surface area contributed by atoms with E-state index in [1.165, 1.54) is 0 Å². The maximum absolute atomic E-state index is 12.0. The summed E-state index contributed by atoms with van der Waals surface area (Å²) in [5.74, 6) is 0.407. The molecular formula is C22H21BrClN3O4. The van der Waals surface area contributed by atoms with Gasteiger partial charge in [-0.15, -0.1) is 11.6 Å². The molecule has 0 aromatic heterocycles. The number of halogens is 2. The van der Waals surface area contributed by atoms with E-state index in [-0.39, 0.29) is 17.3 Å². The Kier molecular flexibility index (Phi) is 6.98.